The predicted molar refractivity (Wildman–Crippen MR) is 105 cm³/mol. The minimum Gasteiger partial charge on any atom is -0.478 e. The van der Waals surface area contributed by atoms with E-state index in [1.54, 1.807) is 24.4 Å². The lowest BCUT2D eigenvalue weighted by Crippen LogP contribution is -2.40. The highest BCUT2D eigenvalue weighted by molar-refractivity contribution is 5.79. The summed E-state index contributed by atoms with van der Waals surface area (Å²) in [7, 11) is 0. The van der Waals surface area contributed by atoms with Gasteiger partial charge in [-0.2, -0.15) is 0 Å². The number of carbonyl (C=O) groups excluding carboxylic acids is 1. The number of hydrogen-bond acceptors (Lipinski definition) is 6. The largest absolute Gasteiger partial charge is 0.478 e. The number of nitrogens with one attached hydrogen (secondary N) is 1. The molecule has 2 aromatic rings. The second-order valence-corrected chi connectivity index (χ2v) is 6.63. The second kappa shape index (κ2) is 9.16. The molecule has 0 saturated carbocycles. The van der Waals surface area contributed by atoms with Crippen LogP contribution in [-0.2, 0) is 11.3 Å². The van der Waals surface area contributed by atoms with Crippen LogP contribution in [0.2, 0.25) is 0 Å². The van der Waals surface area contributed by atoms with Crippen LogP contribution in [0.3, 0.4) is 0 Å². The van der Waals surface area contributed by atoms with E-state index < -0.39 is 0 Å². The summed E-state index contributed by atoms with van der Waals surface area (Å²) in [6.45, 7) is 4.00. The Morgan fingerprint density at radius 3 is 2.75 bits per heavy atom. The van der Waals surface area contributed by atoms with Gasteiger partial charge in [-0.25, -0.2) is 4.98 Å². The fraction of sp³-hybridized carbons (Fsp3) is 0.400. The minimum atomic E-state index is -0.363. The number of aromatic nitrogens is 1. The number of benzene rings is 1. The summed E-state index contributed by atoms with van der Waals surface area (Å²) in [6.07, 6.45) is 2.97. The number of para-hydroxylation sites is 2. The zero-order valence-electron chi connectivity index (χ0n) is 15.8. The van der Waals surface area contributed by atoms with E-state index in [0.29, 0.717) is 50.7 Å². The van der Waals surface area contributed by atoms with Gasteiger partial charge in [0.2, 0.25) is 11.8 Å². The molecule has 0 bridgehead atoms. The summed E-state index contributed by atoms with van der Waals surface area (Å²) < 4.78 is 5.48. The number of piperidine rings is 1. The van der Waals surface area contributed by atoms with Crippen LogP contribution in [0.5, 0.6) is 5.88 Å². The molecule has 1 N–H and O–H groups in total. The number of nitrogens with zero attached hydrogens (tertiary/aromatic N) is 3. The van der Waals surface area contributed by atoms with Crippen LogP contribution < -0.4 is 15.0 Å². The van der Waals surface area contributed by atoms with Crippen molar-refractivity contribution < 1.29 is 14.5 Å². The summed E-state index contributed by atoms with van der Waals surface area (Å²) in [6, 6.07) is 10.4. The quantitative estimate of drug-likeness (QED) is 0.582. The summed E-state index contributed by atoms with van der Waals surface area (Å²) in [5, 5.41) is 14.2. The van der Waals surface area contributed by atoms with E-state index in [4.69, 9.17) is 4.74 Å². The molecule has 1 aliphatic heterocycles. The maximum absolute atomic E-state index is 12.6. The van der Waals surface area contributed by atoms with Crippen molar-refractivity contribution in [1.82, 2.24) is 10.3 Å². The molecule has 1 amide bonds. The molecular formula is C20H24N4O4. The standard InChI is InChI=1S/C20H24N4O4/c1-2-28-20-16(6-5-11-21-20)14-22-19(25)15-9-12-23(13-10-15)17-7-3-4-8-18(17)24(26)27/h3-8,11,15H,2,9-10,12-14H2,1H3,(H,22,25). The van der Waals surface area contributed by atoms with Crippen molar-refractivity contribution in [3.63, 3.8) is 0 Å². The molecule has 8 nitrogen and oxygen atoms in total. The molecule has 0 unspecified atom stereocenters. The number of hydrogen-bond donors (Lipinski definition) is 1. The Balaban J connectivity index is 1.55. The first kappa shape index (κ1) is 19.6. The molecule has 1 aromatic carbocycles. The smallest absolute Gasteiger partial charge is 0.292 e. The Labute approximate surface area is 163 Å². The summed E-state index contributed by atoms with van der Waals surface area (Å²) in [5.41, 5.74) is 1.56. The van der Waals surface area contributed by atoms with E-state index in [1.165, 1.54) is 6.07 Å². The third kappa shape index (κ3) is 4.57. The first-order chi connectivity index (χ1) is 13.6. The van der Waals surface area contributed by atoms with E-state index in [2.05, 4.69) is 10.3 Å². The normalized spacial score (nSPS) is 14.5. The number of anilines is 1. The molecule has 8 heteroatoms. The molecule has 2 heterocycles. The number of nitro benzene ring substituents is 1. The lowest BCUT2D eigenvalue weighted by atomic mass is 9.95. The van der Waals surface area contributed by atoms with Gasteiger partial charge >= 0.3 is 0 Å². The summed E-state index contributed by atoms with van der Waals surface area (Å²) >= 11 is 0. The second-order valence-electron chi connectivity index (χ2n) is 6.63. The van der Waals surface area contributed by atoms with Gasteiger partial charge in [-0.05, 0) is 31.9 Å². The summed E-state index contributed by atoms with van der Waals surface area (Å²) in [4.78, 5) is 29.6. The van der Waals surface area contributed by atoms with Crippen molar-refractivity contribution in [2.24, 2.45) is 5.92 Å². The molecule has 28 heavy (non-hydrogen) atoms. The summed E-state index contributed by atoms with van der Waals surface area (Å²) in [5.74, 6) is 0.427. The molecule has 1 aromatic heterocycles. The number of amides is 1. The van der Waals surface area contributed by atoms with E-state index in [-0.39, 0.29) is 22.4 Å². The van der Waals surface area contributed by atoms with Crippen molar-refractivity contribution >= 4 is 17.3 Å². The lowest BCUT2D eigenvalue weighted by Gasteiger charge is -2.32. The van der Waals surface area contributed by atoms with Crippen molar-refractivity contribution in [3.8, 4) is 5.88 Å². The third-order valence-electron chi connectivity index (χ3n) is 4.87. The van der Waals surface area contributed by atoms with Gasteiger partial charge in [-0.3, -0.25) is 14.9 Å². The maximum atomic E-state index is 12.6. The van der Waals surface area contributed by atoms with Gasteiger partial charge in [-0.1, -0.05) is 18.2 Å². The molecule has 0 atom stereocenters. The molecule has 3 rings (SSSR count). The number of rotatable bonds is 7. The topological polar surface area (TPSA) is 97.6 Å². The fourth-order valence-electron chi connectivity index (χ4n) is 3.42. The first-order valence-corrected chi connectivity index (χ1v) is 9.43. The highest BCUT2D eigenvalue weighted by Crippen LogP contribution is 2.31. The van der Waals surface area contributed by atoms with Crippen LogP contribution in [0, 0.1) is 16.0 Å². The van der Waals surface area contributed by atoms with Crippen molar-refractivity contribution in [2.45, 2.75) is 26.3 Å². The number of nitro groups is 1. The molecule has 1 saturated heterocycles. The average Bonchev–Trinajstić information content (AvgIpc) is 2.73. The first-order valence-electron chi connectivity index (χ1n) is 9.43. The zero-order valence-corrected chi connectivity index (χ0v) is 15.8. The van der Waals surface area contributed by atoms with Crippen LogP contribution >= 0.6 is 0 Å². The van der Waals surface area contributed by atoms with E-state index in [9.17, 15) is 14.9 Å². The Hall–Kier alpha value is -3.16. The van der Waals surface area contributed by atoms with E-state index >= 15 is 0 Å². The van der Waals surface area contributed by atoms with Gasteiger partial charge in [0.1, 0.15) is 5.69 Å². The van der Waals surface area contributed by atoms with Gasteiger partial charge in [0.25, 0.3) is 5.69 Å². The van der Waals surface area contributed by atoms with Gasteiger partial charge in [0.15, 0.2) is 0 Å². The molecule has 1 fully saturated rings. The molecule has 0 radical (unpaired) electrons. The highest BCUT2D eigenvalue weighted by atomic mass is 16.6. The molecule has 0 spiro atoms. The molecule has 0 aliphatic carbocycles. The van der Waals surface area contributed by atoms with Crippen molar-refractivity contribution in [3.05, 3.63) is 58.3 Å². The van der Waals surface area contributed by atoms with Crippen LogP contribution in [-0.4, -0.2) is 35.5 Å². The van der Waals surface area contributed by atoms with Crippen LogP contribution in [0.1, 0.15) is 25.3 Å². The monoisotopic (exact) mass is 384 g/mol. The maximum Gasteiger partial charge on any atom is 0.292 e. The van der Waals surface area contributed by atoms with Crippen molar-refractivity contribution in [1.29, 1.82) is 0 Å². The van der Waals surface area contributed by atoms with Crippen molar-refractivity contribution in [2.75, 3.05) is 24.6 Å². The van der Waals surface area contributed by atoms with Gasteiger partial charge in [-0.15, -0.1) is 0 Å². The Bertz CT molecular complexity index is 834. The van der Waals surface area contributed by atoms with E-state index in [1.807, 2.05) is 24.0 Å². The predicted octanol–water partition coefficient (Wildman–Crippen LogP) is 2.92. The molecule has 1 aliphatic rings. The van der Waals surface area contributed by atoms with E-state index in [0.717, 1.165) is 5.56 Å². The average molecular weight is 384 g/mol. The Morgan fingerprint density at radius 1 is 1.29 bits per heavy atom. The molecular weight excluding hydrogens is 360 g/mol. The van der Waals surface area contributed by atoms with Gasteiger partial charge in [0, 0.05) is 43.4 Å². The Morgan fingerprint density at radius 2 is 2.04 bits per heavy atom. The molecule has 148 valence electrons. The number of ether oxygens (including phenoxy) is 1. The van der Waals surface area contributed by atoms with Crippen LogP contribution in [0.15, 0.2) is 42.6 Å². The van der Waals surface area contributed by atoms with Crippen LogP contribution in [0.25, 0.3) is 0 Å². The van der Waals surface area contributed by atoms with Gasteiger partial charge < -0.3 is 15.0 Å². The SMILES string of the molecule is CCOc1ncccc1CNC(=O)C1CCN(c2ccccc2[N+](=O)[O-])CC1. The van der Waals surface area contributed by atoms with Gasteiger partial charge in [0.05, 0.1) is 11.5 Å². The highest BCUT2D eigenvalue weighted by Gasteiger charge is 2.28. The minimum absolute atomic E-state index is 0.00601. The zero-order chi connectivity index (χ0) is 19.9. The third-order valence-corrected chi connectivity index (χ3v) is 4.87. The lowest BCUT2D eigenvalue weighted by molar-refractivity contribution is -0.384. The number of pyridine rings is 1. The number of carbonyl (C=O) groups is 1. The Kier molecular flexibility index (Phi) is 6.41. The van der Waals surface area contributed by atoms with Crippen LogP contribution in [0.4, 0.5) is 11.4 Å². The fourth-order valence-corrected chi connectivity index (χ4v) is 3.42.